The molecule has 0 bridgehead atoms. The summed E-state index contributed by atoms with van der Waals surface area (Å²) in [6.07, 6.45) is 3.42. The van der Waals surface area contributed by atoms with Crippen molar-refractivity contribution in [3.8, 4) is 5.75 Å². The molecule has 112 valence electrons. The normalized spacial score (nSPS) is 11.4. The predicted octanol–water partition coefficient (Wildman–Crippen LogP) is 3.71. The third kappa shape index (κ3) is 5.44. The summed E-state index contributed by atoms with van der Waals surface area (Å²) in [6.45, 7) is 7.64. The van der Waals surface area contributed by atoms with Crippen molar-refractivity contribution in [2.24, 2.45) is 0 Å². The van der Waals surface area contributed by atoms with E-state index in [2.05, 4.69) is 64.1 Å². The summed E-state index contributed by atoms with van der Waals surface area (Å²) in [4.78, 5) is 8.27. The van der Waals surface area contributed by atoms with Crippen LogP contribution in [0.4, 0.5) is 0 Å². The van der Waals surface area contributed by atoms with Crippen LogP contribution in [0, 0.1) is 0 Å². The Bertz CT molecular complexity index is 582. The van der Waals surface area contributed by atoms with E-state index in [9.17, 15) is 0 Å². The average molecular weight is 350 g/mol. The number of nitrogens with one attached hydrogen (secondary N) is 1. The van der Waals surface area contributed by atoms with Gasteiger partial charge in [-0.2, -0.15) is 0 Å². The number of halogens is 1. The average Bonchev–Trinajstić information content (AvgIpc) is 2.44. The van der Waals surface area contributed by atoms with Crippen molar-refractivity contribution in [2.75, 3.05) is 0 Å². The second kappa shape index (κ2) is 7.00. The minimum absolute atomic E-state index is 0.103. The molecule has 0 atom stereocenters. The van der Waals surface area contributed by atoms with E-state index in [1.54, 1.807) is 18.5 Å². The molecule has 0 saturated heterocycles. The van der Waals surface area contributed by atoms with Crippen molar-refractivity contribution in [1.82, 2.24) is 15.3 Å². The van der Waals surface area contributed by atoms with Gasteiger partial charge < -0.3 is 10.1 Å². The van der Waals surface area contributed by atoms with Gasteiger partial charge in [-0.15, -0.1) is 0 Å². The summed E-state index contributed by atoms with van der Waals surface area (Å²) in [7, 11) is 0. The Kier molecular flexibility index (Phi) is 5.31. The van der Waals surface area contributed by atoms with Crippen molar-refractivity contribution < 1.29 is 4.74 Å². The van der Waals surface area contributed by atoms with Crippen LogP contribution >= 0.6 is 15.9 Å². The minimum atomic E-state index is 0.103. The van der Waals surface area contributed by atoms with E-state index < -0.39 is 0 Å². The zero-order valence-electron chi connectivity index (χ0n) is 12.6. The van der Waals surface area contributed by atoms with Crippen molar-refractivity contribution in [2.45, 2.75) is 39.5 Å². The van der Waals surface area contributed by atoms with Crippen molar-refractivity contribution >= 4 is 15.9 Å². The molecule has 21 heavy (non-hydrogen) atoms. The highest BCUT2D eigenvalue weighted by atomic mass is 79.9. The zero-order valence-corrected chi connectivity index (χ0v) is 14.1. The van der Waals surface area contributed by atoms with Crippen LogP contribution in [-0.2, 0) is 13.2 Å². The maximum absolute atomic E-state index is 5.73. The molecule has 0 aliphatic rings. The highest BCUT2D eigenvalue weighted by molar-refractivity contribution is 9.10. The molecule has 0 aliphatic heterocycles. The van der Waals surface area contributed by atoms with Crippen LogP contribution in [0.25, 0.3) is 0 Å². The summed E-state index contributed by atoms with van der Waals surface area (Å²) in [5, 5.41) is 3.46. The van der Waals surface area contributed by atoms with Crippen LogP contribution in [0.1, 0.15) is 32.2 Å². The topological polar surface area (TPSA) is 47.0 Å². The molecule has 0 amide bonds. The lowest BCUT2D eigenvalue weighted by Gasteiger charge is -2.20. The first-order chi connectivity index (χ1) is 9.94. The molecule has 1 aromatic heterocycles. The van der Waals surface area contributed by atoms with Gasteiger partial charge in [-0.05, 0) is 60.5 Å². The molecule has 0 unspecified atom stereocenters. The fourth-order valence-electron chi connectivity index (χ4n) is 1.69. The highest BCUT2D eigenvalue weighted by Crippen LogP contribution is 2.26. The number of aromatic nitrogens is 2. The second-order valence-corrected chi connectivity index (χ2v) is 6.68. The number of nitrogens with zero attached hydrogens (tertiary/aromatic N) is 2. The Hall–Kier alpha value is -1.46. The molecular formula is C16H20BrN3O. The summed E-state index contributed by atoms with van der Waals surface area (Å²) in [5.74, 6) is 1.46. The minimum Gasteiger partial charge on any atom is -0.484 e. The van der Waals surface area contributed by atoms with E-state index in [0.717, 1.165) is 16.8 Å². The molecule has 0 saturated carbocycles. The monoisotopic (exact) mass is 349 g/mol. The summed E-state index contributed by atoms with van der Waals surface area (Å²) in [5.41, 5.74) is 1.31. The maximum Gasteiger partial charge on any atom is 0.166 e. The number of ether oxygens (including phenoxy) is 1. The molecule has 4 nitrogen and oxygen atoms in total. The first kappa shape index (κ1) is 15.9. The molecule has 2 aromatic rings. The lowest BCUT2D eigenvalue weighted by molar-refractivity contribution is 0.293. The Balaban J connectivity index is 1.96. The lowest BCUT2D eigenvalue weighted by Crippen LogP contribution is -2.35. The molecule has 5 heteroatoms. The molecule has 0 spiro atoms. The number of hydrogen-bond acceptors (Lipinski definition) is 4. The first-order valence-corrected chi connectivity index (χ1v) is 7.65. The number of benzene rings is 1. The van der Waals surface area contributed by atoms with Gasteiger partial charge in [-0.25, -0.2) is 9.97 Å². The smallest absolute Gasteiger partial charge is 0.166 e. The molecule has 0 fully saturated rings. The van der Waals surface area contributed by atoms with Gasteiger partial charge in [0, 0.05) is 24.5 Å². The van der Waals surface area contributed by atoms with Crippen molar-refractivity contribution in [3.63, 3.8) is 0 Å². The molecule has 0 radical (unpaired) electrons. The van der Waals surface area contributed by atoms with E-state index in [4.69, 9.17) is 4.74 Å². The Labute approximate surface area is 134 Å². The third-order valence-electron chi connectivity index (χ3n) is 2.80. The largest absolute Gasteiger partial charge is 0.484 e. The highest BCUT2D eigenvalue weighted by Gasteiger charge is 2.09. The standard InChI is InChI=1S/C16H20BrN3O/c1-16(2,3)20-10-12-5-6-14(13(17)9-12)21-11-15-18-7-4-8-19-15/h4-9,20H,10-11H2,1-3H3. The predicted molar refractivity (Wildman–Crippen MR) is 87.1 cm³/mol. The van der Waals surface area contributed by atoms with Crippen molar-refractivity contribution in [3.05, 3.63) is 52.5 Å². The molecule has 1 N–H and O–H groups in total. The van der Waals surface area contributed by atoms with Gasteiger partial charge in [0.25, 0.3) is 0 Å². The molecule has 1 heterocycles. The van der Waals surface area contributed by atoms with E-state index in [0.29, 0.717) is 12.4 Å². The molecular weight excluding hydrogens is 330 g/mol. The van der Waals surface area contributed by atoms with E-state index in [1.807, 2.05) is 6.07 Å². The van der Waals surface area contributed by atoms with Crippen molar-refractivity contribution in [1.29, 1.82) is 0 Å². The van der Waals surface area contributed by atoms with Gasteiger partial charge in [-0.1, -0.05) is 6.07 Å². The quantitative estimate of drug-likeness (QED) is 0.893. The zero-order chi connectivity index (χ0) is 15.3. The molecule has 1 aromatic carbocycles. The van der Waals surface area contributed by atoms with Crippen LogP contribution in [0.15, 0.2) is 41.1 Å². The van der Waals surface area contributed by atoms with Gasteiger partial charge in [0.1, 0.15) is 12.4 Å². The SMILES string of the molecule is CC(C)(C)NCc1ccc(OCc2ncccn2)c(Br)c1. The summed E-state index contributed by atoms with van der Waals surface area (Å²) >= 11 is 3.55. The lowest BCUT2D eigenvalue weighted by atomic mass is 10.1. The van der Waals surface area contributed by atoms with Gasteiger partial charge >= 0.3 is 0 Å². The van der Waals surface area contributed by atoms with E-state index >= 15 is 0 Å². The third-order valence-corrected chi connectivity index (χ3v) is 3.41. The van der Waals surface area contributed by atoms with Crippen LogP contribution < -0.4 is 10.1 Å². The maximum atomic E-state index is 5.73. The van der Waals surface area contributed by atoms with E-state index in [-0.39, 0.29) is 5.54 Å². The summed E-state index contributed by atoms with van der Waals surface area (Å²) in [6, 6.07) is 7.88. The Morgan fingerprint density at radius 3 is 2.52 bits per heavy atom. The van der Waals surface area contributed by atoms with Gasteiger partial charge in [0.15, 0.2) is 5.82 Å². The van der Waals surface area contributed by atoms with Gasteiger partial charge in [0.2, 0.25) is 0 Å². The molecule has 0 aliphatic carbocycles. The summed E-state index contributed by atoms with van der Waals surface area (Å²) < 4.78 is 6.67. The Morgan fingerprint density at radius 1 is 1.19 bits per heavy atom. The van der Waals surface area contributed by atoms with Crippen LogP contribution in [0.5, 0.6) is 5.75 Å². The van der Waals surface area contributed by atoms with Gasteiger partial charge in [-0.3, -0.25) is 0 Å². The van der Waals surface area contributed by atoms with Crippen LogP contribution in [-0.4, -0.2) is 15.5 Å². The van der Waals surface area contributed by atoms with Gasteiger partial charge in [0.05, 0.1) is 4.47 Å². The second-order valence-electron chi connectivity index (χ2n) is 5.82. The first-order valence-electron chi connectivity index (χ1n) is 6.86. The molecule has 2 rings (SSSR count). The van der Waals surface area contributed by atoms with Crippen LogP contribution in [0.3, 0.4) is 0 Å². The Morgan fingerprint density at radius 2 is 1.90 bits per heavy atom. The number of hydrogen-bond donors (Lipinski definition) is 1. The fourth-order valence-corrected chi connectivity index (χ4v) is 2.23. The number of rotatable bonds is 5. The fraction of sp³-hybridized carbons (Fsp3) is 0.375. The van der Waals surface area contributed by atoms with E-state index in [1.165, 1.54) is 5.56 Å². The van der Waals surface area contributed by atoms with Crippen LogP contribution in [0.2, 0.25) is 0 Å².